The maximum absolute atomic E-state index is 13.6. The summed E-state index contributed by atoms with van der Waals surface area (Å²) in [6, 6.07) is 10.8. The van der Waals surface area contributed by atoms with E-state index in [0.29, 0.717) is 12.5 Å². The second-order valence-electron chi connectivity index (χ2n) is 8.98. The van der Waals surface area contributed by atoms with Gasteiger partial charge in [-0.3, -0.25) is 4.79 Å². The SMILES string of the molecule is CC1CN(c2nccc(S(=O)(=O)c3cccc(Oc4cccc(F)c4)n3)c2C(N)=O)C(C)(C)C1. The van der Waals surface area contributed by atoms with Crippen LogP contribution in [0.5, 0.6) is 11.6 Å². The van der Waals surface area contributed by atoms with Crippen molar-refractivity contribution >= 4 is 21.6 Å². The number of nitrogens with two attached hydrogens (primary N) is 1. The Hall–Kier alpha value is -3.53. The number of amides is 1. The summed E-state index contributed by atoms with van der Waals surface area (Å²) in [5.74, 6) is -0.723. The molecular weight excluding hydrogens is 459 g/mol. The van der Waals surface area contributed by atoms with Crippen LogP contribution in [0.1, 0.15) is 37.6 Å². The van der Waals surface area contributed by atoms with Crippen molar-refractivity contribution in [2.24, 2.45) is 11.7 Å². The molecule has 1 aliphatic heterocycles. The van der Waals surface area contributed by atoms with Gasteiger partial charge in [0.1, 0.15) is 22.9 Å². The normalized spacial score (nSPS) is 17.5. The van der Waals surface area contributed by atoms with Gasteiger partial charge in [-0.25, -0.2) is 22.8 Å². The number of halogens is 1. The molecule has 0 aliphatic carbocycles. The minimum absolute atomic E-state index is 0.0453. The van der Waals surface area contributed by atoms with Crippen LogP contribution in [-0.2, 0) is 9.84 Å². The van der Waals surface area contributed by atoms with E-state index in [1.807, 2.05) is 18.7 Å². The van der Waals surface area contributed by atoms with Gasteiger partial charge in [0.25, 0.3) is 5.91 Å². The third-order valence-corrected chi connectivity index (χ3v) is 7.45. The number of benzene rings is 1. The Bertz CT molecular complexity index is 1360. The van der Waals surface area contributed by atoms with Gasteiger partial charge < -0.3 is 15.4 Å². The average Bonchev–Trinajstić information content (AvgIpc) is 3.05. The minimum atomic E-state index is -4.27. The van der Waals surface area contributed by atoms with Crippen LogP contribution < -0.4 is 15.4 Å². The summed E-state index contributed by atoms with van der Waals surface area (Å²) in [6.07, 6.45) is 2.20. The Labute approximate surface area is 197 Å². The minimum Gasteiger partial charge on any atom is -0.439 e. The van der Waals surface area contributed by atoms with Gasteiger partial charge >= 0.3 is 0 Å². The number of carbonyl (C=O) groups excluding carboxylic acids is 1. The first-order valence-electron chi connectivity index (χ1n) is 10.7. The predicted molar refractivity (Wildman–Crippen MR) is 124 cm³/mol. The van der Waals surface area contributed by atoms with Gasteiger partial charge in [0.05, 0.1) is 4.90 Å². The van der Waals surface area contributed by atoms with Crippen molar-refractivity contribution in [1.82, 2.24) is 9.97 Å². The molecule has 34 heavy (non-hydrogen) atoms. The van der Waals surface area contributed by atoms with E-state index in [9.17, 15) is 17.6 Å². The highest BCUT2D eigenvalue weighted by Gasteiger charge is 2.40. The number of hydrogen-bond acceptors (Lipinski definition) is 7. The van der Waals surface area contributed by atoms with E-state index in [1.54, 1.807) is 0 Å². The van der Waals surface area contributed by atoms with Crippen LogP contribution >= 0.6 is 0 Å². The van der Waals surface area contributed by atoms with Crippen LogP contribution in [0.2, 0.25) is 0 Å². The standard InChI is InChI=1S/C24H25FN4O4S/c1-15-13-24(2,3)29(14-15)23-21(22(26)30)18(10-11-27-23)34(31,32)20-9-5-8-19(28-20)33-17-7-4-6-16(25)12-17/h4-12,15H,13-14H2,1-3H3,(H2,26,30). The fourth-order valence-corrected chi connectivity index (χ4v) is 5.81. The number of carbonyl (C=O) groups is 1. The first-order valence-corrected chi connectivity index (χ1v) is 12.2. The van der Waals surface area contributed by atoms with E-state index in [2.05, 4.69) is 16.9 Å². The fraction of sp³-hybridized carbons (Fsp3) is 0.292. The number of anilines is 1. The largest absolute Gasteiger partial charge is 0.439 e. The number of pyridine rings is 2. The van der Waals surface area contributed by atoms with Crippen molar-refractivity contribution in [3.8, 4) is 11.6 Å². The monoisotopic (exact) mass is 484 g/mol. The average molecular weight is 485 g/mol. The maximum Gasteiger partial charge on any atom is 0.253 e. The summed E-state index contributed by atoms with van der Waals surface area (Å²) in [4.78, 5) is 22.6. The number of ether oxygens (including phenoxy) is 1. The zero-order valence-electron chi connectivity index (χ0n) is 19.0. The van der Waals surface area contributed by atoms with E-state index >= 15 is 0 Å². The third kappa shape index (κ3) is 4.45. The van der Waals surface area contributed by atoms with Crippen LogP contribution in [0.25, 0.3) is 0 Å². The molecule has 2 aromatic heterocycles. The van der Waals surface area contributed by atoms with E-state index < -0.39 is 21.6 Å². The Balaban J connectivity index is 1.78. The fourth-order valence-electron chi connectivity index (χ4n) is 4.42. The molecule has 178 valence electrons. The van der Waals surface area contributed by atoms with Crippen LogP contribution in [-0.4, -0.2) is 36.4 Å². The highest BCUT2D eigenvalue weighted by atomic mass is 32.2. The van der Waals surface area contributed by atoms with Crippen molar-refractivity contribution in [2.45, 2.75) is 42.7 Å². The highest BCUT2D eigenvalue weighted by molar-refractivity contribution is 7.91. The first kappa shape index (κ1) is 23.6. The van der Waals surface area contributed by atoms with Crippen molar-refractivity contribution in [3.05, 3.63) is 66.1 Å². The molecular formula is C24H25FN4O4S. The summed E-state index contributed by atoms with van der Waals surface area (Å²) < 4.78 is 46.2. The first-order chi connectivity index (χ1) is 16.0. The van der Waals surface area contributed by atoms with E-state index in [-0.39, 0.29) is 38.5 Å². The van der Waals surface area contributed by atoms with Crippen molar-refractivity contribution < 1.29 is 22.3 Å². The molecule has 2 N–H and O–H groups in total. The van der Waals surface area contributed by atoms with Crippen LogP contribution in [0.3, 0.4) is 0 Å². The Morgan fingerprint density at radius 2 is 1.94 bits per heavy atom. The molecule has 4 rings (SSSR count). The second kappa shape index (κ2) is 8.68. The van der Waals surface area contributed by atoms with Gasteiger partial charge in [-0.2, -0.15) is 0 Å². The molecule has 3 aromatic rings. The summed E-state index contributed by atoms with van der Waals surface area (Å²) in [5, 5.41) is -0.338. The van der Waals surface area contributed by atoms with Crippen LogP contribution in [0.4, 0.5) is 10.2 Å². The lowest BCUT2D eigenvalue weighted by Crippen LogP contribution is -2.40. The predicted octanol–water partition coefficient (Wildman–Crippen LogP) is 3.96. The molecule has 1 fully saturated rings. The number of aromatic nitrogens is 2. The number of nitrogens with zero attached hydrogens (tertiary/aromatic N) is 3. The molecule has 1 unspecified atom stereocenters. The van der Waals surface area contributed by atoms with E-state index in [0.717, 1.165) is 12.5 Å². The smallest absolute Gasteiger partial charge is 0.253 e. The van der Waals surface area contributed by atoms with Gasteiger partial charge in [0.2, 0.25) is 15.7 Å². The molecule has 0 bridgehead atoms. The molecule has 8 nitrogen and oxygen atoms in total. The Morgan fingerprint density at radius 1 is 1.21 bits per heavy atom. The Kier molecular flexibility index (Phi) is 6.03. The number of rotatable bonds is 6. The Morgan fingerprint density at radius 3 is 2.59 bits per heavy atom. The quantitative estimate of drug-likeness (QED) is 0.563. The lowest BCUT2D eigenvalue weighted by Gasteiger charge is -2.33. The number of primary amides is 1. The lowest BCUT2D eigenvalue weighted by molar-refractivity contribution is 0.0997. The van der Waals surface area contributed by atoms with Gasteiger partial charge in [0, 0.05) is 30.4 Å². The molecule has 0 spiro atoms. The zero-order valence-corrected chi connectivity index (χ0v) is 19.8. The lowest BCUT2D eigenvalue weighted by atomic mass is 9.97. The molecule has 0 saturated carbocycles. The maximum atomic E-state index is 13.6. The van der Waals surface area contributed by atoms with Crippen molar-refractivity contribution in [3.63, 3.8) is 0 Å². The van der Waals surface area contributed by atoms with Crippen molar-refractivity contribution in [2.75, 3.05) is 11.4 Å². The molecule has 1 amide bonds. The van der Waals surface area contributed by atoms with Gasteiger partial charge in [0.15, 0.2) is 5.03 Å². The van der Waals surface area contributed by atoms with Crippen LogP contribution in [0, 0.1) is 11.7 Å². The number of sulfone groups is 1. The van der Waals surface area contributed by atoms with E-state index in [1.165, 1.54) is 48.7 Å². The molecule has 1 aromatic carbocycles. The third-order valence-electron chi connectivity index (χ3n) is 5.75. The molecule has 3 heterocycles. The molecule has 1 saturated heterocycles. The van der Waals surface area contributed by atoms with Gasteiger partial charge in [-0.1, -0.05) is 19.1 Å². The zero-order chi connectivity index (χ0) is 24.7. The van der Waals surface area contributed by atoms with Crippen LogP contribution in [0.15, 0.2) is 64.6 Å². The summed E-state index contributed by atoms with van der Waals surface area (Å²) >= 11 is 0. The second-order valence-corrected chi connectivity index (χ2v) is 10.8. The van der Waals surface area contributed by atoms with E-state index in [4.69, 9.17) is 10.5 Å². The molecule has 0 radical (unpaired) electrons. The molecule has 1 atom stereocenters. The number of hydrogen-bond donors (Lipinski definition) is 1. The topological polar surface area (TPSA) is 115 Å². The molecule has 10 heteroatoms. The summed E-state index contributed by atoms with van der Waals surface area (Å²) in [6.45, 7) is 6.72. The summed E-state index contributed by atoms with van der Waals surface area (Å²) in [7, 11) is -4.27. The molecule has 1 aliphatic rings. The summed E-state index contributed by atoms with van der Waals surface area (Å²) in [5.41, 5.74) is 5.16. The van der Waals surface area contributed by atoms with Gasteiger partial charge in [-0.15, -0.1) is 0 Å². The van der Waals surface area contributed by atoms with Crippen molar-refractivity contribution in [1.29, 1.82) is 0 Å². The van der Waals surface area contributed by atoms with Gasteiger partial charge in [-0.05, 0) is 50.5 Å². The highest BCUT2D eigenvalue weighted by Crippen LogP contribution is 2.39.